The molecule has 0 unspecified atom stereocenters. The number of likely N-dealkylation sites (tertiary alicyclic amines) is 1. The molecule has 1 aliphatic rings. The van der Waals surface area contributed by atoms with Crippen molar-refractivity contribution in [2.45, 2.75) is 39.3 Å². The number of hydrogen-bond donors (Lipinski definition) is 1. The molecule has 0 radical (unpaired) electrons. The number of carbonyl (C=O) groups is 2. The summed E-state index contributed by atoms with van der Waals surface area (Å²) in [4.78, 5) is 30.1. The molecule has 3 rings (SSSR count). The zero-order valence-electron chi connectivity index (χ0n) is 17.3. The maximum Gasteiger partial charge on any atom is 0.409 e. The van der Waals surface area contributed by atoms with Crippen molar-refractivity contribution in [3.63, 3.8) is 0 Å². The van der Waals surface area contributed by atoms with Crippen LogP contribution in [0.5, 0.6) is 5.75 Å². The van der Waals surface area contributed by atoms with Gasteiger partial charge in [-0.3, -0.25) is 4.79 Å². The average molecular weight is 430 g/mol. The van der Waals surface area contributed by atoms with Crippen LogP contribution in [-0.2, 0) is 16.1 Å². The van der Waals surface area contributed by atoms with Crippen LogP contribution in [0, 0.1) is 6.92 Å². The molecule has 1 aliphatic heterocycles. The first-order valence-electron chi connectivity index (χ1n) is 10.1. The van der Waals surface area contributed by atoms with Crippen molar-refractivity contribution in [1.29, 1.82) is 0 Å². The van der Waals surface area contributed by atoms with Gasteiger partial charge in [0.15, 0.2) is 0 Å². The Bertz CT molecular complexity index is 888. The van der Waals surface area contributed by atoms with Gasteiger partial charge in [0.2, 0.25) is 5.91 Å². The number of nitrogens with zero attached hydrogens (tertiary/aromatic N) is 2. The first-order chi connectivity index (χ1) is 14.5. The number of ether oxygens (including phenoxy) is 2. The maximum atomic E-state index is 12.3. The van der Waals surface area contributed by atoms with Gasteiger partial charge in [-0.1, -0.05) is 12.1 Å². The lowest BCUT2D eigenvalue weighted by Gasteiger charge is -2.31. The molecule has 2 amide bonds. The maximum absolute atomic E-state index is 12.3. The van der Waals surface area contributed by atoms with E-state index < -0.39 is 0 Å². The minimum Gasteiger partial charge on any atom is -0.487 e. The third kappa shape index (κ3) is 6.59. The number of amides is 2. The third-order valence-electron chi connectivity index (χ3n) is 4.71. The minimum absolute atomic E-state index is 0.0593. The molecule has 1 aromatic carbocycles. The van der Waals surface area contributed by atoms with Crippen LogP contribution in [0.2, 0.25) is 0 Å². The van der Waals surface area contributed by atoms with E-state index in [1.165, 1.54) is 6.08 Å². The Balaban J connectivity index is 1.45. The SMILES string of the molecule is CCOC(=O)N1CCC(NC(=O)/C=C/c2cccc(OCc3csc(C)n3)c2)CC1. The molecule has 160 valence electrons. The smallest absolute Gasteiger partial charge is 0.409 e. The molecule has 0 spiro atoms. The number of aromatic nitrogens is 1. The van der Waals surface area contributed by atoms with Crippen LogP contribution in [0.25, 0.3) is 6.08 Å². The Labute approximate surface area is 180 Å². The quantitative estimate of drug-likeness (QED) is 0.678. The number of hydrogen-bond acceptors (Lipinski definition) is 6. The van der Waals surface area contributed by atoms with Crippen molar-refractivity contribution >= 4 is 29.4 Å². The Hall–Kier alpha value is -2.87. The molecular formula is C22H27N3O4S. The normalized spacial score (nSPS) is 14.7. The fourth-order valence-corrected chi connectivity index (χ4v) is 3.78. The summed E-state index contributed by atoms with van der Waals surface area (Å²) in [5.74, 6) is 0.586. The van der Waals surface area contributed by atoms with E-state index in [4.69, 9.17) is 9.47 Å². The second-order valence-electron chi connectivity index (χ2n) is 7.02. The van der Waals surface area contributed by atoms with Crippen molar-refractivity contribution < 1.29 is 19.1 Å². The number of benzene rings is 1. The highest BCUT2D eigenvalue weighted by Gasteiger charge is 2.23. The molecule has 0 bridgehead atoms. The fourth-order valence-electron chi connectivity index (χ4n) is 3.18. The predicted molar refractivity (Wildman–Crippen MR) is 116 cm³/mol. The lowest BCUT2D eigenvalue weighted by Crippen LogP contribution is -2.46. The van der Waals surface area contributed by atoms with E-state index in [9.17, 15) is 9.59 Å². The van der Waals surface area contributed by atoms with Gasteiger partial charge in [-0.25, -0.2) is 9.78 Å². The Kier molecular flexibility index (Phi) is 7.84. The molecule has 30 heavy (non-hydrogen) atoms. The summed E-state index contributed by atoms with van der Waals surface area (Å²) < 4.78 is 10.8. The van der Waals surface area contributed by atoms with Crippen LogP contribution in [0.3, 0.4) is 0 Å². The van der Waals surface area contributed by atoms with E-state index in [-0.39, 0.29) is 18.0 Å². The number of carbonyl (C=O) groups excluding carboxylic acids is 2. The second kappa shape index (κ2) is 10.8. The van der Waals surface area contributed by atoms with E-state index in [0.29, 0.717) is 26.3 Å². The number of aryl methyl sites for hydroxylation is 1. The van der Waals surface area contributed by atoms with E-state index in [2.05, 4.69) is 10.3 Å². The van der Waals surface area contributed by atoms with Gasteiger partial charge < -0.3 is 19.7 Å². The highest BCUT2D eigenvalue weighted by atomic mass is 32.1. The minimum atomic E-state index is -0.283. The summed E-state index contributed by atoms with van der Waals surface area (Å²) in [6.45, 7) is 5.73. The molecule has 1 saturated heterocycles. The Morgan fingerprint density at radius 2 is 2.13 bits per heavy atom. The molecule has 7 nitrogen and oxygen atoms in total. The molecule has 0 aliphatic carbocycles. The summed E-state index contributed by atoms with van der Waals surface area (Å²) in [6, 6.07) is 7.64. The van der Waals surface area contributed by atoms with E-state index in [0.717, 1.165) is 34.9 Å². The largest absolute Gasteiger partial charge is 0.487 e. The van der Waals surface area contributed by atoms with Crippen molar-refractivity contribution in [3.8, 4) is 5.75 Å². The predicted octanol–water partition coefficient (Wildman–Crippen LogP) is 3.78. The summed E-state index contributed by atoms with van der Waals surface area (Å²) in [7, 11) is 0. The number of nitrogens with one attached hydrogen (secondary N) is 1. The van der Waals surface area contributed by atoms with E-state index >= 15 is 0 Å². The lowest BCUT2D eigenvalue weighted by molar-refractivity contribution is -0.117. The fraction of sp³-hybridized carbons (Fsp3) is 0.409. The van der Waals surface area contributed by atoms with Crippen LogP contribution in [0.1, 0.15) is 36.0 Å². The lowest BCUT2D eigenvalue weighted by atomic mass is 10.1. The van der Waals surface area contributed by atoms with Crippen molar-refractivity contribution in [3.05, 3.63) is 52.0 Å². The van der Waals surface area contributed by atoms with Crippen molar-refractivity contribution in [2.24, 2.45) is 0 Å². The third-order valence-corrected chi connectivity index (χ3v) is 5.53. The first-order valence-corrected chi connectivity index (χ1v) is 11.0. The average Bonchev–Trinajstić information content (AvgIpc) is 3.17. The molecular weight excluding hydrogens is 402 g/mol. The molecule has 1 N–H and O–H groups in total. The highest BCUT2D eigenvalue weighted by molar-refractivity contribution is 7.09. The zero-order chi connectivity index (χ0) is 21.3. The molecule has 0 saturated carbocycles. The highest BCUT2D eigenvalue weighted by Crippen LogP contribution is 2.17. The van der Waals surface area contributed by atoms with Gasteiger partial charge in [0.25, 0.3) is 0 Å². The van der Waals surface area contributed by atoms with Crippen LogP contribution >= 0.6 is 11.3 Å². The molecule has 0 atom stereocenters. The van der Waals surface area contributed by atoms with Crippen LogP contribution in [0.4, 0.5) is 4.79 Å². The molecule has 8 heteroatoms. The Morgan fingerprint density at radius 3 is 2.83 bits per heavy atom. The number of thiazole rings is 1. The standard InChI is InChI=1S/C22H27N3O4S/c1-3-28-22(27)25-11-9-18(10-12-25)24-21(26)8-7-17-5-4-6-20(13-17)29-14-19-15-30-16(2)23-19/h4-8,13,15,18H,3,9-12,14H2,1-2H3,(H,24,26)/b8-7+. The van der Waals surface area contributed by atoms with Gasteiger partial charge in [-0.2, -0.15) is 0 Å². The van der Waals surface area contributed by atoms with Crippen molar-refractivity contribution in [1.82, 2.24) is 15.2 Å². The van der Waals surface area contributed by atoms with Crippen molar-refractivity contribution in [2.75, 3.05) is 19.7 Å². The van der Waals surface area contributed by atoms with Crippen LogP contribution in [0.15, 0.2) is 35.7 Å². The van der Waals surface area contributed by atoms with Gasteiger partial charge >= 0.3 is 6.09 Å². The first kappa shape index (κ1) is 21.8. The van der Waals surface area contributed by atoms with Crippen LogP contribution < -0.4 is 10.1 Å². The number of piperidine rings is 1. The van der Waals surface area contributed by atoms with E-state index in [1.807, 2.05) is 36.6 Å². The molecule has 2 aromatic rings. The zero-order valence-corrected chi connectivity index (χ0v) is 18.1. The second-order valence-corrected chi connectivity index (χ2v) is 8.08. The topological polar surface area (TPSA) is 80.8 Å². The Morgan fingerprint density at radius 1 is 1.33 bits per heavy atom. The number of rotatable bonds is 7. The summed E-state index contributed by atoms with van der Waals surface area (Å²) >= 11 is 1.60. The van der Waals surface area contributed by atoms with Gasteiger partial charge in [0, 0.05) is 30.6 Å². The molecule has 2 heterocycles. The monoisotopic (exact) mass is 429 g/mol. The molecule has 1 aromatic heterocycles. The van der Waals surface area contributed by atoms with Gasteiger partial charge in [0.1, 0.15) is 12.4 Å². The summed E-state index contributed by atoms with van der Waals surface area (Å²) in [5.41, 5.74) is 1.79. The summed E-state index contributed by atoms with van der Waals surface area (Å²) in [6.07, 6.45) is 4.45. The van der Waals surface area contributed by atoms with Gasteiger partial charge in [-0.05, 0) is 50.5 Å². The van der Waals surface area contributed by atoms with Crippen LogP contribution in [-0.4, -0.2) is 47.6 Å². The van der Waals surface area contributed by atoms with Gasteiger partial charge in [0.05, 0.1) is 17.3 Å². The summed E-state index contributed by atoms with van der Waals surface area (Å²) in [5, 5.41) is 6.00. The van der Waals surface area contributed by atoms with Gasteiger partial charge in [-0.15, -0.1) is 11.3 Å². The molecule has 1 fully saturated rings. The van der Waals surface area contributed by atoms with E-state index in [1.54, 1.807) is 29.2 Å².